The summed E-state index contributed by atoms with van der Waals surface area (Å²) in [4.78, 5) is 58.2. The third-order valence-corrected chi connectivity index (χ3v) is 9.48. The van der Waals surface area contributed by atoms with Crippen molar-refractivity contribution in [2.45, 2.75) is 89.1 Å². The molecule has 0 spiro atoms. The summed E-state index contributed by atoms with van der Waals surface area (Å²) in [6.07, 6.45) is 4.51. The first kappa shape index (κ1) is 28.9. The Morgan fingerprint density at radius 1 is 1.00 bits per heavy atom. The van der Waals surface area contributed by atoms with E-state index in [4.69, 9.17) is 9.47 Å². The Hall–Kier alpha value is -3.18. The summed E-state index contributed by atoms with van der Waals surface area (Å²) in [6.45, 7) is 12.1. The first-order chi connectivity index (χ1) is 20.0. The molecule has 4 amide bonds. The average molecular weight is 582 g/mol. The molecule has 11 nitrogen and oxygen atoms in total. The fraction of sp³-hybridized carbons (Fsp3) is 0.677. The number of fused-ring (bicyclic) bond motifs is 1. The van der Waals surface area contributed by atoms with Crippen LogP contribution in [-0.2, 0) is 20.9 Å². The maximum absolute atomic E-state index is 13.2. The van der Waals surface area contributed by atoms with E-state index < -0.39 is 17.6 Å². The number of carbonyl (C=O) groups excluding carboxylic acids is 4. The second kappa shape index (κ2) is 11.1. The van der Waals surface area contributed by atoms with Crippen molar-refractivity contribution in [3.8, 4) is 5.75 Å². The van der Waals surface area contributed by atoms with E-state index in [9.17, 15) is 19.2 Å². The number of imide groups is 1. The number of hydrogen-bond acceptors (Lipinski definition) is 8. The number of piperidine rings is 2. The minimum atomic E-state index is -0.633. The van der Waals surface area contributed by atoms with Gasteiger partial charge < -0.3 is 19.3 Å². The normalized spacial score (nSPS) is 25.3. The van der Waals surface area contributed by atoms with Gasteiger partial charge in [0.25, 0.3) is 5.91 Å². The van der Waals surface area contributed by atoms with E-state index in [1.807, 2.05) is 37.8 Å². The van der Waals surface area contributed by atoms with Gasteiger partial charge in [-0.1, -0.05) is 6.07 Å². The lowest BCUT2D eigenvalue weighted by Gasteiger charge is -2.45. The Balaban J connectivity index is 1.00. The molecule has 11 heteroatoms. The Labute approximate surface area is 247 Å². The number of nitrogens with one attached hydrogen (secondary N) is 1. The molecule has 3 saturated heterocycles. The summed E-state index contributed by atoms with van der Waals surface area (Å²) in [5, 5.41) is 2.36. The first-order valence-corrected chi connectivity index (χ1v) is 15.4. The van der Waals surface area contributed by atoms with Crippen molar-refractivity contribution >= 4 is 23.8 Å². The number of hydrogen-bond donors (Lipinski definition) is 1. The number of amides is 4. The smallest absolute Gasteiger partial charge is 0.410 e. The average Bonchev–Trinajstić information content (AvgIpc) is 3.68. The topological polar surface area (TPSA) is 112 Å². The minimum absolute atomic E-state index is 0.0286. The number of piperazine rings is 1. The summed E-state index contributed by atoms with van der Waals surface area (Å²) in [5.41, 5.74) is 0.959. The number of benzene rings is 1. The highest BCUT2D eigenvalue weighted by atomic mass is 16.6. The summed E-state index contributed by atoms with van der Waals surface area (Å²) in [7, 11) is 0. The summed E-state index contributed by atoms with van der Waals surface area (Å²) in [5.74, 6) is -0.167. The van der Waals surface area contributed by atoms with E-state index in [1.54, 1.807) is 11.0 Å². The number of carbonyl (C=O) groups is 4. The Morgan fingerprint density at radius 2 is 1.71 bits per heavy atom. The molecule has 4 aliphatic heterocycles. The second-order valence-corrected chi connectivity index (χ2v) is 13.4. The highest BCUT2D eigenvalue weighted by Crippen LogP contribution is 2.44. The van der Waals surface area contributed by atoms with Gasteiger partial charge in [-0.05, 0) is 65.0 Å². The van der Waals surface area contributed by atoms with Crippen molar-refractivity contribution in [3.63, 3.8) is 0 Å². The highest BCUT2D eigenvalue weighted by molar-refractivity contribution is 6.05. The lowest BCUT2D eigenvalue weighted by atomic mass is 10.0. The van der Waals surface area contributed by atoms with Crippen LogP contribution < -0.4 is 10.1 Å². The fourth-order valence-electron chi connectivity index (χ4n) is 6.90. The van der Waals surface area contributed by atoms with Crippen molar-refractivity contribution in [1.29, 1.82) is 0 Å². The predicted molar refractivity (Wildman–Crippen MR) is 154 cm³/mol. The van der Waals surface area contributed by atoms with Crippen LogP contribution in [0.5, 0.6) is 5.75 Å². The van der Waals surface area contributed by atoms with Gasteiger partial charge in [0.1, 0.15) is 24.0 Å². The van der Waals surface area contributed by atoms with Crippen LogP contribution in [0.3, 0.4) is 0 Å². The molecule has 1 aliphatic carbocycles. The van der Waals surface area contributed by atoms with E-state index in [1.165, 1.54) is 0 Å². The summed E-state index contributed by atoms with van der Waals surface area (Å²) < 4.78 is 12.0. The standard InChI is InChI=1S/C31H43N5O6/c1-30(2,3)42-29(40)34-13-9-21(10-14-34)33-15-17-35(18-16-33)31(11-12-31)20-41-25-6-4-5-22-23(25)19-36(28(22)39)24-7-8-26(37)32-27(24)38/h4-6,21,24H,7-20H2,1-3H3,(H,32,37,38). The van der Waals surface area contributed by atoms with Gasteiger partial charge in [0.05, 0.1) is 12.1 Å². The highest BCUT2D eigenvalue weighted by Gasteiger charge is 2.50. The van der Waals surface area contributed by atoms with Crippen LogP contribution in [0.2, 0.25) is 0 Å². The van der Waals surface area contributed by atoms with Gasteiger partial charge in [0.2, 0.25) is 11.8 Å². The molecule has 1 aromatic rings. The maximum atomic E-state index is 13.2. The molecule has 0 aromatic heterocycles. The predicted octanol–water partition coefficient (Wildman–Crippen LogP) is 2.38. The maximum Gasteiger partial charge on any atom is 0.410 e. The third kappa shape index (κ3) is 5.86. The Morgan fingerprint density at radius 3 is 2.36 bits per heavy atom. The zero-order valence-corrected chi connectivity index (χ0v) is 25.0. The van der Waals surface area contributed by atoms with Crippen LogP contribution in [0.25, 0.3) is 0 Å². The van der Waals surface area contributed by atoms with Gasteiger partial charge in [-0.2, -0.15) is 0 Å². The molecule has 0 bridgehead atoms. The lowest BCUT2D eigenvalue weighted by molar-refractivity contribution is -0.136. The van der Waals surface area contributed by atoms with Gasteiger partial charge >= 0.3 is 6.09 Å². The molecule has 1 aromatic carbocycles. The number of likely N-dealkylation sites (tertiary alicyclic amines) is 1. The summed E-state index contributed by atoms with van der Waals surface area (Å²) >= 11 is 0. The minimum Gasteiger partial charge on any atom is -0.491 e. The van der Waals surface area contributed by atoms with Crippen molar-refractivity contribution in [2.24, 2.45) is 0 Å². The molecule has 0 radical (unpaired) electrons. The van der Waals surface area contributed by atoms with Gasteiger partial charge in [0, 0.05) is 62.9 Å². The largest absolute Gasteiger partial charge is 0.491 e. The molecular formula is C31H43N5O6. The molecule has 1 saturated carbocycles. The quantitative estimate of drug-likeness (QED) is 0.510. The monoisotopic (exact) mass is 581 g/mol. The van der Waals surface area contributed by atoms with E-state index in [2.05, 4.69) is 15.1 Å². The van der Waals surface area contributed by atoms with Crippen LogP contribution in [0.15, 0.2) is 18.2 Å². The van der Waals surface area contributed by atoms with Crippen molar-refractivity contribution in [3.05, 3.63) is 29.3 Å². The van der Waals surface area contributed by atoms with E-state index in [0.29, 0.717) is 36.9 Å². The molecule has 4 heterocycles. The number of nitrogens with zero attached hydrogens (tertiary/aromatic N) is 4. The van der Waals surface area contributed by atoms with E-state index >= 15 is 0 Å². The van der Waals surface area contributed by atoms with Crippen molar-refractivity contribution < 1.29 is 28.7 Å². The molecule has 5 aliphatic rings. The van der Waals surface area contributed by atoms with Gasteiger partial charge in [-0.3, -0.25) is 29.5 Å². The van der Waals surface area contributed by atoms with Crippen LogP contribution >= 0.6 is 0 Å². The number of ether oxygens (including phenoxy) is 2. The molecule has 1 unspecified atom stereocenters. The molecule has 1 N–H and O–H groups in total. The zero-order valence-electron chi connectivity index (χ0n) is 25.0. The third-order valence-electron chi connectivity index (χ3n) is 9.48. The van der Waals surface area contributed by atoms with Gasteiger partial charge in [-0.15, -0.1) is 0 Å². The van der Waals surface area contributed by atoms with Crippen LogP contribution in [0, 0.1) is 0 Å². The van der Waals surface area contributed by atoms with Crippen LogP contribution in [0.1, 0.15) is 75.2 Å². The van der Waals surface area contributed by atoms with Crippen molar-refractivity contribution in [2.75, 3.05) is 45.9 Å². The zero-order chi connectivity index (χ0) is 29.6. The molecule has 228 valence electrons. The Bertz CT molecular complexity index is 1240. The van der Waals surface area contributed by atoms with Crippen LogP contribution in [-0.4, -0.2) is 113 Å². The molecular weight excluding hydrogens is 538 g/mol. The van der Waals surface area contributed by atoms with E-state index in [-0.39, 0.29) is 29.9 Å². The molecule has 1 atom stereocenters. The first-order valence-electron chi connectivity index (χ1n) is 15.4. The van der Waals surface area contributed by atoms with Crippen LogP contribution in [0.4, 0.5) is 4.79 Å². The second-order valence-electron chi connectivity index (χ2n) is 13.4. The van der Waals surface area contributed by atoms with Gasteiger partial charge in [-0.25, -0.2) is 4.79 Å². The molecule has 6 rings (SSSR count). The SMILES string of the molecule is CC(C)(C)OC(=O)N1CCC(N2CCN(C3(COc4cccc5c4CN(C4CCC(=O)NC4=O)C5=O)CC3)CC2)CC1. The molecule has 42 heavy (non-hydrogen) atoms. The molecule has 4 fully saturated rings. The lowest BCUT2D eigenvalue weighted by Crippen LogP contribution is -2.57. The summed E-state index contributed by atoms with van der Waals surface area (Å²) in [6, 6.07) is 5.41. The van der Waals surface area contributed by atoms with Crippen molar-refractivity contribution in [1.82, 2.24) is 24.9 Å². The fourth-order valence-corrected chi connectivity index (χ4v) is 6.90. The number of rotatable bonds is 6. The Kier molecular flexibility index (Phi) is 7.67. The van der Waals surface area contributed by atoms with Gasteiger partial charge in [0.15, 0.2) is 0 Å². The van der Waals surface area contributed by atoms with E-state index in [0.717, 1.165) is 70.5 Å².